The summed E-state index contributed by atoms with van der Waals surface area (Å²) in [6.07, 6.45) is 3.42. The maximum atomic E-state index is 12.7. The Morgan fingerprint density at radius 3 is 3.00 bits per heavy atom. The Balaban J connectivity index is 1.90. The topological polar surface area (TPSA) is 60.5 Å². The van der Waals surface area contributed by atoms with E-state index < -0.39 is 0 Å². The SMILES string of the molecule is CCn1ncc2c1[C@@H](COC)CN(C(=O)c1ccoc1C)C2. The molecule has 3 heterocycles. The maximum absolute atomic E-state index is 12.7. The normalized spacial score (nSPS) is 17.6. The van der Waals surface area contributed by atoms with Gasteiger partial charge in [-0.05, 0) is 19.9 Å². The van der Waals surface area contributed by atoms with Gasteiger partial charge in [-0.15, -0.1) is 0 Å². The van der Waals surface area contributed by atoms with Crippen LogP contribution in [-0.4, -0.2) is 40.8 Å². The van der Waals surface area contributed by atoms with Gasteiger partial charge in [0.25, 0.3) is 5.91 Å². The molecule has 118 valence electrons. The van der Waals surface area contributed by atoms with E-state index in [0.717, 1.165) is 12.1 Å². The number of nitrogens with zero attached hydrogens (tertiary/aromatic N) is 3. The highest BCUT2D eigenvalue weighted by Crippen LogP contribution is 2.30. The molecule has 0 saturated carbocycles. The molecule has 0 N–H and O–H groups in total. The van der Waals surface area contributed by atoms with Gasteiger partial charge >= 0.3 is 0 Å². The van der Waals surface area contributed by atoms with Crippen molar-refractivity contribution in [2.24, 2.45) is 0 Å². The molecule has 0 fully saturated rings. The molecular weight excluding hydrogens is 282 g/mol. The number of hydrogen-bond acceptors (Lipinski definition) is 4. The van der Waals surface area contributed by atoms with E-state index in [4.69, 9.17) is 9.15 Å². The Morgan fingerprint density at radius 1 is 1.55 bits per heavy atom. The van der Waals surface area contributed by atoms with Gasteiger partial charge in [-0.2, -0.15) is 5.10 Å². The molecule has 0 unspecified atom stereocenters. The number of ether oxygens (including phenoxy) is 1. The van der Waals surface area contributed by atoms with E-state index in [2.05, 4.69) is 12.0 Å². The molecule has 1 atom stereocenters. The predicted octanol–water partition coefficient (Wildman–Crippen LogP) is 2.19. The van der Waals surface area contributed by atoms with Gasteiger partial charge in [0.1, 0.15) is 5.76 Å². The van der Waals surface area contributed by atoms with Crippen molar-refractivity contribution >= 4 is 5.91 Å². The van der Waals surface area contributed by atoms with Gasteiger partial charge in [0.05, 0.1) is 30.3 Å². The van der Waals surface area contributed by atoms with E-state index in [1.807, 2.05) is 22.7 Å². The molecule has 1 aliphatic heterocycles. The molecule has 22 heavy (non-hydrogen) atoms. The summed E-state index contributed by atoms with van der Waals surface area (Å²) in [7, 11) is 1.69. The van der Waals surface area contributed by atoms with Gasteiger partial charge in [0.2, 0.25) is 0 Å². The maximum Gasteiger partial charge on any atom is 0.257 e. The van der Waals surface area contributed by atoms with E-state index in [1.54, 1.807) is 19.4 Å². The van der Waals surface area contributed by atoms with E-state index in [0.29, 0.717) is 31.0 Å². The van der Waals surface area contributed by atoms with Gasteiger partial charge in [-0.25, -0.2) is 0 Å². The lowest BCUT2D eigenvalue weighted by Gasteiger charge is -2.33. The Bertz CT molecular complexity index is 674. The molecule has 1 amide bonds. The summed E-state index contributed by atoms with van der Waals surface area (Å²) in [5, 5.41) is 4.43. The summed E-state index contributed by atoms with van der Waals surface area (Å²) < 4.78 is 12.6. The minimum Gasteiger partial charge on any atom is -0.469 e. The van der Waals surface area contributed by atoms with Gasteiger partial charge in [-0.3, -0.25) is 9.48 Å². The first-order valence-electron chi connectivity index (χ1n) is 7.52. The van der Waals surface area contributed by atoms with E-state index in [1.165, 1.54) is 5.69 Å². The summed E-state index contributed by atoms with van der Waals surface area (Å²) in [6, 6.07) is 1.73. The molecule has 6 nitrogen and oxygen atoms in total. The van der Waals surface area contributed by atoms with Crippen LogP contribution in [-0.2, 0) is 17.8 Å². The lowest BCUT2D eigenvalue weighted by atomic mass is 9.96. The minimum absolute atomic E-state index is 0.00208. The standard InChI is InChI=1S/C16H21N3O3/c1-4-19-15-12(7-17-19)8-18(9-13(15)10-21-3)16(20)14-5-6-22-11(14)2/h5-7,13H,4,8-10H2,1-3H3/t13-/m1/s1. The molecule has 3 rings (SSSR count). The number of rotatable bonds is 4. The molecule has 0 aromatic carbocycles. The molecule has 0 saturated heterocycles. The molecule has 6 heteroatoms. The molecule has 0 bridgehead atoms. The lowest BCUT2D eigenvalue weighted by molar-refractivity contribution is 0.0673. The van der Waals surface area contributed by atoms with Crippen LogP contribution in [0.3, 0.4) is 0 Å². The van der Waals surface area contributed by atoms with Crippen molar-refractivity contribution in [3.05, 3.63) is 41.1 Å². The number of carbonyl (C=O) groups is 1. The van der Waals surface area contributed by atoms with Crippen molar-refractivity contribution in [3.8, 4) is 0 Å². The zero-order chi connectivity index (χ0) is 15.7. The second kappa shape index (κ2) is 5.96. The largest absolute Gasteiger partial charge is 0.469 e. The third kappa shape index (κ3) is 2.43. The van der Waals surface area contributed by atoms with Crippen LogP contribution in [0, 0.1) is 6.92 Å². The van der Waals surface area contributed by atoms with Crippen LogP contribution in [0.2, 0.25) is 0 Å². The van der Waals surface area contributed by atoms with E-state index >= 15 is 0 Å². The van der Waals surface area contributed by atoms with Crippen LogP contribution in [0.25, 0.3) is 0 Å². The zero-order valence-corrected chi connectivity index (χ0v) is 13.2. The van der Waals surface area contributed by atoms with Crippen LogP contribution >= 0.6 is 0 Å². The number of methoxy groups -OCH3 is 1. The van der Waals surface area contributed by atoms with Crippen LogP contribution in [0.4, 0.5) is 0 Å². The molecular formula is C16H21N3O3. The average Bonchev–Trinajstić information content (AvgIpc) is 3.12. The fourth-order valence-electron chi connectivity index (χ4n) is 3.17. The molecule has 0 spiro atoms. The quantitative estimate of drug-likeness (QED) is 0.868. The summed E-state index contributed by atoms with van der Waals surface area (Å²) >= 11 is 0. The molecule has 0 aliphatic carbocycles. The number of fused-ring (bicyclic) bond motifs is 1. The smallest absolute Gasteiger partial charge is 0.257 e. The molecule has 2 aromatic heterocycles. The monoisotopic (exact) mass is 303 g/mol. The van der Waals surface area contributed by atoms with Crippen molar-refractivity contribution in [1.82, 2.24) is 14.7 Å². The van der Waals surface area contributed by atoms with Crippen molar-refractivity contribution in [2.75, 3.05) is 20.3 Å². The highest BCUT2D eigenvalue weighted by molar-refractivity contribution is 5.95. The van der Waals surface area contributed by atoms with Crippen molar-refractivity contribution in [1.29, 1.82) is 0 Å². The Kier molecular flexibility index (Phi) is 4.02. The molecule has 2 aromatic rings. The Labute approximate surface area is 129 Å². The molecule has 1 aliphatic rings. The molecule has 0 radical (unpaired) electrons. The summed E-state index contributed by atoms with van der Waals surface area (Å²) in [6.45, 7) is 6.50. The van der Waals surface area contributed by atoms with Gasteiger partial charge < -0.3 is 14.1 Å². The van der Waals surface area contributed by atoms with Gasteiger partial charge in [0, 0.05) is 38.2 Å². The summed E-state index contributed by atoms with van der Waals surface area (Å²) in [5.41, 5.74) is 2.92. The number of amides is 1. The Morgan fingerprint density at radius 2 is 2.36 bits per heavy atom. The number of furan rings is 1. The second-order valence-corrected chi connectivity index (χ2v) is 5.60. The first-order valence-corrected chi connectivity index (χ1v) is 7.52. The fraction of sp³-hybridized carbons (Fsp3) is 0.500. The van der Waals surface area contributed by atoms with Crippen LogP contribution in [0.5, 0.6) is 0 Å². The van der Waals surface area contributed by atoms with Crippen LogP contribution in [0.1, 0.15) is 40.2 Å². The number of carbonyl (C=O) groups excluding carboxylic acids is 1. The van der Waals surface area contributed by atoms with Crippen LogP contribution < -0.4 is 0 Å². The van der Waals surface area contributed by atoms with Crippen molar-refractivity contribution < 1.29 is 13.9 Å². The summed E-state index contributed by atoms with van der Waals surface area (Å²) in [5.74, 6) is 0.804. The highest BCUT2D eigenvalue weighted by Gasteiger charge is 2.32. The number of aryl methyl sites for hydroxylation is 2. The fourth-order valence-corrected chi connectivity index (χ4v) is 3.17. The zero-order valence-electron chi connectivity index (χ0n) is 13.2. The number of hydrogen-bond donors (Lipinski definition) is 0. The lowest BCUT2D eigenvalue weighted by Crippen LogP contribution is -2.40. The van der Waals surface area contributed by atoms with E-state index in [9.17, 15) is 4.79 Å². The average molecular weight is 303 g/mol. The number of aromatic nitrogens is 2. The first-order chi connectivity index (χ1) is 10.7. The van der Waals surface area contributed by atoms with Gasteiger partial charge in [0.15, 0.2) is 0 Å². The second-order valence-electron chi connectivity index (χ2n) is 5.60. The third-order valence-electron chi connectivity index (χ3n) is 4.19. The third-order valence-corrected chi connectivity index (χ3v) is 4.19. The summed E-state index contributed by atoms with van der Waals surface area (Å²) in [4.78, 5) is 14.6. The van der Waals surface area contributed by atoms with Gasteiger partial charge in [-0.1, -0.05) is 0 Å². The van der Waals surface area contributed by atoms with Crippen molar-refractivity contribution in [2.45, 2.75) is 32.9 Å². The minimum atomic E-state index is 0.00208. The van der Waals surface area contributed by atoms with Crippen molar-refractivity contribution in [3.63, 3.8) is 0 Å². The van der Waals surface area contributed by atoms with Crippen LogP contribution in [0.15, 0.2) is 22.9 Å². The highest BCUT2D eigenvalue weighted by atomic mass is 16.5. The predicted molar refractivity (Wildman–Crippen MR) is 80.7 cm³/mol. The Hall–Kier alpha value is -2.08. The first kappa shape index (κ1) is 14.8. The van der Waals surface area contributed by atoms with E-state index in [-0.39, 0.29) is 11.8 Å².